The summed E-state index contributed by atoms with van der Waals surface area (Å²) < 4.78 is 27.2. The second-order valence-corrected chi connectivity index (χ2v) is 8.03. The third-order valence-electron chi connectivity index (χ3n) is 6.31. The quantitative estimate of drug-likeness (QED) is 0.853. The van der Waals surface area contributed by atoms with E-state index < -0.39 is 11.6 Å². The van der Waals surface area contributed by atoms with Crippen LogP contribution in [-0.4, -0.2) is 55.0 Å². The molecule has 3 rings (SSSR count). The normalized spacial score (nSPS) is 21.9. The van der Waals surface area contributed by atoms with Gasteiger partial charge in [-0.15, -0.1) is 0 Å². The van der Waals surface area contributed by atoms with E-state index in [9.17, 15) is 13.6 Å². The van der Waals surface area contributed by atoms with Crippen LogP contribution in [0, 0.1) is 23.5 Å². The van der Waals surface area contributed by atoms with E-state index in [-0.39, 0.29) is 11.9 Å². The summed E-state index contributed by atoms with van der Waals surface area (Å²) in [5.74, 6) is 0.239. The first-order valence-corrected chi connectivity index (χ1v) is 10.1. The van der Waals surface area contributed by atoms with Gasteiger partial charge in [-0.2, -0.15) is 0 Å². The molecule has 0 saturated carbocycles. The van der Waals surface area contributed by atoms with E-state index in [2.05, 4.69) is 17.1 Å². The van der Waals surface area contributed by atoms with Gasteiger partial charge in [0.1, 0.15) is 11.6 Å². The van der Waals surface area contributed by atoms with Crippen LogP contribution >= 0.6 is 0 Å². The highest BCUT2D eigenvalue weighted by Crippen LogP contribution is 2.27. The average Bonchev–Trinajstić information content (AvgIpc) is 2.68. The van der Waals surface area contributed by atoms with Crippen LogP contribution in [0.5, 0.6) is 0 Å². The Balaban J connectivity index is 1.49. The van der Waals surface area contributed by atoms with E-state index in [4.69, 9.17) is 0 Å². The number of benzene rings is 1. The van der Waals surface area contributed by atoms with E-state index in [0.717, 1.165) is 32.0 Å². The summed E-state index contributed by atoms with van der Waals surface area (Å²) in [5, 5.41) is 3.37. The Morgan fingerprint density at radius 3 is 2.44 bits per heavy atom. The fourth-order valence-corrected chi connectivity index (χ4v) is 4.38. The van der Waals surface area contributed by atoms with Gasteiger partial charge in [-0.1, -0.05) is 13.0 Å². The van der Waals surface area contributed by atoms with Crippen LogP contribution in [0.2, 0.25) is 0 Å². The van der Waals surface area contributed by atoms with Gasteiger partial charge in [-0.3, -0.25) is 9.69 Å². The molecule has 2 heterocycles. The zero-order valence-electron chi connectivity index (χ0n) is 16.4. The van der Waals surface area contributed by atoms with Crippen molar-refractivity contribution in [3.8, 4) is 0 Å². The topological polar surface area (TPSA) is 35.6 Å². The van der Waals surface area contributed by atoms with Gasteiger partial charge >= 0.3 is 0 Å². The van der Waals surface area contributed by atoms with Crippen LogP contribution < -0.4 is 5.32 Å². The van der Waals surface area contributed by atoms with Crippen molar-refractivity contribution in [3.63, 3.8) is 0 Å². The van der Waals surface area contributed by atoms with Crippen molar-refractivity contribution in [2.45, 2.75) is 39.2 Å². The Hall–Kier alpha value is -1.53. The van der Waals surface area contributed by atoms with Gasteiger partial charge in [-0.05, 0) is 50.8 Å². The number of hydrogen-bond donors (Lipinski definition) is 1. The summed E-state index contributed by atoms with van der Waals surface area (Å²) in [6, 6.07) is 3.63. The maximum atomic E-state index is 14.0. The second kappa shape index (κ2) is 9.11. The zero-order valence-corrected chi connectivity index (χ0v) is 16.4. The smallest absolute Gasteiger partial charge is 0.222 e. The lowest BCUT2D eigenvalue weighted by atomic mass is 9.84. The predicted molar refractivity (Wildman–Crippen MR) is 102 cm³/mol. The molecule has 1 N–H and O–H groups in total. The summed E-state index contributed by atoms with van der Waals surface area (Å²) in [7, 11) is 0. The Morgan fingerprint density at radius 2 is 1.81 bits per heavy atom. The van der Waals surface area contributed by atoms with Crippen molar-refractivity contribution in [2.24, 2.45) is 11.8 Å². The molecule has 2 unspecified atom stereocenters. The molecule has 0 radical (unpaired) electrons. The highest BCUT2D eigenvalue weighted by Gasteiger charge is 2.28. The minimum absolute atomic E-state index is 0.128. The molecule has 0 aliphatic carbocycles. The van der Waals surface area contributed by atoms with Gasteiger partial charge in [0, 0.05) is 50.3 Å². The molecule has 2 fully saturated rings. The first-order chi connectivity index (χ1) is 13.0. The molecule has 2 aliphatic heterocycles. The summed E-state index contributed by atoms with van der Waals surface area (Å²) in [6.07, 6.45) is 2.93. The minimum Gasteiger partial charge on any atom is -0.340 e. The highest BCUT2D eigenvalue weighted by molar-refractivity contribution is 5.76. The molecular weight excluding hydrogens is 348 g/mol. The maximum Gasteiger partial charge on any atom is 0.222 e. The largest absolute Gasteiger partial charge is 0.340 e. The third-order valence-corrected chi connectivity index (χ3v) is 6.31. The number of amides is 1. The fraction of sp³-hybridized carbons (Fsp3) is 0.667. The lowest BCUT2D eigenvalue weighted by Gasteiger charge is -2.39. The number of carbonyl (C=O) groups is 1. The zero-order chi connectivity index (χ0) is 19.4. The van der Waals surface area contributed by atoms with Gasteiger partial charge < -0.3 is 10.2 Å². The molecule has 2 aliphatic rings. The Kier molecular flexibility index (Phi) is 6.82. The van der Waals surface area contributed by atoms with Crippen molar-refractivity contribution in [1.29, 1.82) is 0 Å². The third kappa shape index (κ3) is 5.05. The minimum atomic E-state index is -0.554. The number of piperidine rings is 1. The highest BCUT2D eigenvalue weighted by atomic mass is 19.1. The van der Waals surface area contributed by atoms with E-state index >= 15 is 0 Å². The van der Waals surface area contributed by atoms with Crippen LogP contribution in [0.15, 0.2) is 18.2 Å². The standard InChI is InChI=1S/C21H31F2N3O/c1-15(17-5-7-24-8-6-17)13-21(27)26-11-9-25(10-12-26)16(2)19-4-3-18(22)14-20(19)23/h3-4,14-17,24H,5-13H2,1-2H3. The molecule has 4 nitrogen and oxygen atoms in total. The van der Waals surface area contributed by atoms with Crippen molar-refractivity contribution < 1.29 is 13.6 Å². The lowest BCUT2D eigenvalue weighted by molar-refractivity contribution is -0.134. The molecule has 1 amide bonds. The fourth-order valence-electron chi connectivity index (χ4n) is 4.38. The Bertz CT molecular complexity index is 640. The summed E-state index contributed by atoms with van der Waals surface area (Å²) in [5.41, 5.74) is 0.510. The van der Waals surface area contributed by atoms with E-state index in [1.54, 1.807) is 0 Å². The summed E-state index contributed by atoms with van der Waals surface area (Å²) in [4.78, 5) is 16.8. The van der Waals surface area contributed by atoms with E-state index in [1.165, 1.54) is 12.1 Å². The first-order valence-electron chi connectivity index (χ1n) is 10.1. The van der Waals surface area contributed by atoms with Crippen LogP contribution in [0.4, 0.5) is 8.78 Å². The van der Waals surface area contributed by atoms with Crippen LogP contribution in [-0.2, 0) is 4.79 Å². The summed E-state index contributed by atoms with van der Waals surface area (Å²) >= 11 is 0. The molecule has 2 saturated heterocycles. The van der Waals surface area contributed by atoms with Crippen LogP contribution in [0.3, 0.4) is 0 Å². The number of piperazine rings is 1. The first kappa shape index (κ1) is 20.2. The monoisotopic (exact) mass is 379 g/mol. The predicted octanol–water partition coefficient (Wildman–Crippen LogP) is 3.20. The molecule has 1 aromatic carbocycles. The van der Waals surface area contributed by atoms with E-state index in [0.29, 0.717) is 50.0 Å². The van der Waals surface area contributed by atoms with Crippen molar-refractivity contribution in [2.75, 3.05) is 39.3 Å². The van der Waals surface area contributed by atoms with Gasteiger partial charge in [0.15, 0.2) is 0 Å². The molecule has 0 bridgehead atoms. The summed E-state index contributed by atoms with van der Waals surface area (Å²) in [6.45, 7) is 9.02. The number of hydrogen-bond acceptors (Lipinski definition) is 3. The Labute approximate surface area is 160 Å². The van der Waals surface area contributed by atoms with E-state index in [1.807, 2.05) is 11.8 Å². The van der Waals surface area contributed by atoms with Crippen LogP contribution in [0.1, 0.15) is 44.7 Å². The van der Waals surface area contributed by atoms with Gasteiger partial charge in [0.25, 0.3) is 0 Å². The van der Waals surface area contributed by atoms with Crippen LogP contribution in [0.25, 0.3) is 0 Å². The number of nitrogens with zero attached hydrogens (tertiary/aromatic N) is 2. The molecule has 0 aromatic heterocycles. The maximum absolute atomic E-state index is 14.0. The molecular formula is C21H31F2N3O. The lowest BCUT2D eigenvalue weighted by Crippen LogP contribution is -2.49. The molecule has 150 valence electrons. The van der Waals surface area contributed by atoms with Gasteiger partial charge in [0.2, 0.25) is 5.91 Å². The molecule has 27 heavy (non-hydrogen) atoms. The second-order valence-electron chi connectivity index (χ2n) is 8.03. The van der Waals surface area contributed by atoms with Crippen molar-refractivity contribution in [3.05, 3.63) is 35.4 Å². The SMILES string of the molecule is CC(CC(=O)N1CCN(C(C)c2ccc(F)cc2F)CC1)C1CCNCC1. The number of nitrogens with one attached hydrogen (secondary N) is 1. The number of carbonyl (C=O) groups excluding carboxylic acids is 1. The van der Waals surface area contributed by atoms with Gasteiger partial charge in [-0.25, -0.2) is 8.78 Å². The number of halogens is 2. The van der Waals surface area contributed by atoms with Crippen molar-refractivity contribution >= 4 is 5.91 Å². The Morgan fingerprint density at radius 1 is 1.15 bits per heavy atom. The van der Waals surface area contributed by atoms with Gasteiger partial charge in [0.05, 0.1) is 0 Å². The molecule has 0 spiro atoms. The number of rotatable bonds is 5. The molecule has 1 aromatic rings. The average molecular weight is 379 g/mol. The molecule has 6 heteroatoms. The van der Waals surface area contributed by atoms with Crippen molar-refractivity contribution in [1.82, 2.24) is 15.1 Å². The molecule has 2 atom stereocenters.